The molecular formula is C15H15NO7. The van der Waals surface area contributed by atoms with Crippen molar-refractivity contribution >= 4 is 12.1 Å². The molecule has 0 aliphatic rings. The van der Waals surface area contributed by atoms with Crippen LogP contribution in [0.2, 0.25) is 0 Å². The van der Waals surface area contributed by atoms with Crippen molar-refractivity contribution in [3.63, 3.8) is 0 Å². The number of ether oxygens (including phenoxy) is 2. The normalized spacial score (nSPS) is 11.5. The maximum atomic E-state index is 11.9. The Kier molecular flexibility index (Phi) is 5.08. The summed E-state index contributed by atoms with van der Waals surface area (Å²) < 4.78 is 10.3. The van der Waals surface area contributed by atoms with Crippen LogP contribution in [0.1, 0.15) is 23.7 Å². The molecule has 2 aromatic rings. The largest absolute Gasteiger partial charge is 0.537 e. The van der Waals surface area contributed by atoms with E-state index < -0.39 is 30.2 Å². The van der Waals surface area contributed by atoms with Gasteiger partial charge in [0.25, 0.3) is 6.29 Å². The molecular weight excluding hydrogens is 306 g/mol. The number of esters is 1. The first-order valence-corrected chi connectivity index (χ1v) is 6.76. The van der Waals surface area contributed by atoms with Gasteiger partial charge in [-0.3, -0.25) is 4.84 Å². The molecule has 0 aliphatic carbocycles. The molecule has 8 nitrogen and oxygen atoms in total. The molecule has 0 aliphatic heterocycles. The summed E-state index contributed by atoms with van der Waals surface area (Å²) in [6, 6.07) is 10.4. The summed E-state index contributed by atoms with van der Waals surface area (Å²) in [5, 5.41) is 18.7. The van der Waals surface area contributed by atoms with Crippen LogP contribution in [0, 0.1) is 0 Å². The SMILES string of the molecule is CCC(OC(=O)On1c(O)ccc1O)OC(=O)c1ccccc1. The average molecular weight is 321 g/mol. The maximum Gasteiger partial charge on any atom is 0.537 e. The minimum Gasteiger partial charge on any atom is -0.492 e. The standard InChI is InChI=1S/C15H15NO7/c1-2-13(21-14(19)10-6-4-3-5-7-10)22-15(20)23-16-11(17)8-9-12(16)18/h3-9,13,17-18H,2H2,1H3. The smallest absolute Gasteiger partial charge is 0.492 e. The highest BCUT2D eigenvalue weighted by Crippen LogP contribution is 2.19. The van der Waals surface area contributed by atoms with Crippen LogP contribution in [0.5, 0.6) is 11.8 Å². The second-order valence-electron chi connectivity index (χ2n) is 4.41. The molecule has 23 heavy (non-hydrogen) atoms. The third kappa shape index (κ3) is 4.16. The molecule has 8 heteroatoms. The highest BCUT2D eigenvalue weighted by molar-refractivity contribution is 5.89. The predicted molar refractivity (Wildman–Crippen MR) is 76.8 cm³/mol. The highest BCUT2D eigenvalue weighted by Gasteiger charge is 2.21. The van der Waals surface area contributed by atoms with Gasteiger partial charge < -0.3 is 19.7 Å². The van der Waals surface area contributed by atoms with Crippen molar-refractivity contribution in [1.29, 1.82) is 0 Å². The number of carbonyl (C=O) groups excluding carboxylic acids is 2. The van der Waals surface area contributed by atoms with Gasteiger partial charge in [-0.05, 0) is 12.1 Å². The zero-order chi connectivity index (χ0) is 16.8. The molecule has 2 N–H and O–H groups in total. The van der Waals surface area contributed by atoms with Crippen molar-refractivity contribution in [3.8, 4) is 11.8 Å². The lowest BCUT2D eigenvalue weighted by atomic mass is 10.2. The summed E-state index contributed by atoms with van der Waals surface area (Å²) >= 11 is 0. The number of hydrogen-bond acceptors (Lipinski definition) is 7. The van der Waals surface area contributed by atoms with E-state index in [1.165, 1.54) is 0 Å². The van der Waals surface area contributed by atoms with E-state index in [1.807, 2.05) is 0 Å². The average Bonchev–Trinajstić information content (AvgIpc) is 2.86. The van der Waals surface area contributed by atoms with Gasteiger partial charge in [0.2, 0.25) is 11.8 Å². The summed E-state index contributed by atoms with van der Waals surface area (Å²) in [7, 11) is 0. The van der Waals surface area contributed by atoms with Gasteiger partial charge in [-0.25, -0.2) is 9.59 Å². The lowest BCUT2D eigenvalue weighted by Gasteiger charge is -2.16. The summed E-state index contributed by atoms with van der Waals surface area (Å²) in [5.41, 5.74) is 0.309. The van der Waals surface area contributed by atoms with Crippen molar-refractivity contribution in [3.05, 3.63) is 48.0 Å². The van der Waals surface area contributed by atoms with Crippen LogP contribution in [0.3, 0.4) is 0 Å². The van der Waals surface area contributed by atoms with Gasteiger partial charge in [0.05, 0.1) is 5.56 Å². The van der Waals surface area contributed by atoms with E-state index in [4.69, 9.17) is 9.47 Å². The van der Waals surface area contributed by atoms with E-state index in [9.17, 15) is 19.8 Å². The van der Waals surface area contributed by atoms with Crippen molar-refractivity contribution in [2.75, 3.05) is 0 Å². The fourth-order valence-corrected chi connectivity index (χ4v) is 1.65. The molecule has 1 heterocycles. The summed E-state index contributed by atoms with van der Waals surface area (Å²) in [5.74, 6) is -1.64. The Balaban J connectivity index is 1.94. The van der Waals surface area contributed by atoms with Crippen LogP contribution >= 0.6 is 0 Å². The second kappa shape index (κ2) is 7.21. The number of carbonyl (C=O) groups is 2. The fourth-order valence-electron chi connectivity index (χ4n) is 1.65. The number of nitrogens with zero attached hydrogens (tertiary/aromatic N) is 1. The first kappa shape index (κ1) is 16.2. The Morgan fingerprint density at radius 1 is 1.04 bits per heavy atom. The van der Waals surface area contributed by atoms with E-state index in [0.29, 0.717) is 10.3 Å². The van der Waals surface area contributed by atoms with E-state index in [0.717, 1.165) is 12.1 Å². The summed E-state index contributed by atoms with van der Waals surface area (Å²) in [6.45, 7) is 1.64. The first-order valence-electron chi connectivity index (χ1n) is 6.76. The van der Waals surface area contributed by atoms with Gasteiger partial charge in [0.1, 0.15) is 0 Å². The van der Waals surface area contributed by atoms with E-state index in [1.54, 1.807) is 37.3 Å². The topological polar surface area (TPSA) is 107 Å². The number of benzene rings is 1. The molecule has 0 radical (unpaired) electrons. The molecule has 0 fully saturated rings. The van der Waals surface area contributed by atoms with Crippen LogP contribution in [0.25, 0.3) is 0 Å². The lowest BCUT2D eigenvalue weighted by Crippen LogP contribution is -2.28. The Hall–Kier alpha value is -3.16. The van der Waals surface area contributed by atoms with Crippen LogP contribution in [0.15, 0.2) is 42.5 Å². The van der Waals surface area contributed by atoms with Gasteiger partial charge >= 0.3 is 12.1 Å². The van der Waals surface area contributed by atoms with E-state index in [2.05, 4.69) is 4.84 Å². The minimum atomic E-state index is -1.25. The van der Waals surface area contributed by atoms with Crippen molar-refractivity contribution in [2.24, 2.45) is 0 Å². The van der Waals surface area contributed by atoms with Gasteiger partial charge in [-0.2, -0.15) is 0 Å². The number of aromatic hydroxyl groups is 2. The molecule has 1 unspecified atom stereocenters. The highest BCUT2D eigenvalue weighted by atomic mass is 16.9. The second-order valence-corrected chi connectivity index (χ2v) is 4.41. The first-order chi connectivity index (χ1) is 11.0. The molecule has 1 aromatic heterocycles. The quantitative estimate of drug-likeness (QED) is 0.641. The molecule has 0 saturated heterocycles. The Bertz CT molecular complexity index is 661. The molecule has 0 bridgehead atoms. The minimum absolute atomic E-state index is 0.192. The van der Waals surface area contributed by atoms with Gasteiger partial charge in [-0.1, -0.05) is 25.1 Å². The third-order valence-electron chi connectivity index (χ3n) is 2.77. The van der Waals surface area contributed by atoms with Gasteiger partial charge in [0.15, 0.2) is 0 Å². The molecule has 122 valence electrons. The summed E-state index contributed by atoms with van der Waals surface area (Å²) in [6.07, 6.45) is -2.23. The number of aromatic nitrogens is 1. The maximum absolute atomic E-state index is 11.9. The van der Waals surface area contributed by atoms with Crippen LogP contribution in [-0.4, -0.2) is 33.4 Å². The molecule has 0 spiro atoms. The zero-order valence-electron chi connectivity index (χ0n) is 12.2. The predicted octanol–water partition coefficient (Wildman–Crippen LogP) is 2.06. The van der Waals surface area contributed by atoms with Crippen LogP contribution in [-0.2, 0) is 9.47 Å². The van der Waals surface area contributed by atoms with Crippen molar-refractivity contribution in [1.82, 2.24) is 4.73 Å². The Morgan fingerprint density at radius 2 is 1.65 bits per heavy atom. The zero-order valence-corrected chi connectivity index (χ0v) is 12.2. The van der Waals surface area contributed by atoms with Crippen LogP contribution < -0.4 is 4.84 Å². The Morgan fingerprint density at radius 3 is 2.22 bits per heavy atom. The number of hydrogen-bond donors (Lipinski definition) is 2. The molecule has 1 aromatic carbocycles. The monoisotopic (exact) mass is 321 g/mol. The molecule has 2 rings (SSSR count). The van der Waals surface area contributed by atoms with E-state index >= 15 is 0 Å². The molecule has 1 atom stereocenters. The molecule has 0 saturated carbocycles. The third-order valence-corrected chi connectivity index (χ3v) is 2.77. The van der Waals surface area contributed by atoms with Crippen LogP contribution in [0.4, 0.5) is 4.79 Å². The van der Waals surface area contributed by atoms with Gasteiger partial charge in [0, 0.05) is 18.6 Å². The number of rotatable bonds is 5. The van der Waals surface area contributed by atoms with Crippen molar-refractivity contribution < 1.29 is 34.1 Å². The summed E-state index contributed by atoms with van der Waals surface area (Å²) in [4.78, 5) is 28.1. The lowest BCUT2D eigenvalue weighted by molar-refractivity contribution is -0.0958. The Labute approximate surface area is 131 Å². The van der Waals surface area contributed by atoms with Crippen molar-refractivity contribution in [2.45, 2.75) is 19.6 Å². The fraction of sp³-hybridized carbons (Fsp3) is 0.200. The molecule has 0 amide bonds. The van der Waals surface area contributed by atoms with Gasteiger partial charge in [-0.15, -0.1) is 4.73 Å². The van der Waals surface area contributed by atoms with E-state index in [-0.39, 0.29) is 6.42 Å².